The molecule has 2 N–H and O–H groups in total. The monoisotopic (exact) mass is 392 g/mol. The van der Waals surface area contributed by atoms with Crippen LogP contribution in [0.5, 0.6) is 5.75 Å². The maximum Gasteiger partial charge on any atom is 0.191 e. The Bertz CT molecular complexity index is 693. The lowest BCUT2D eigenvalue weighted by molar-refractivity contribution is 0.153. The van der Waals surface area contributed by atoms with E-state index in [4.69, 9.17) is 21.1 Å². The summed E-state index contributed by atoms with van der Waals surface area (Å²) in [5, 5.41) is 7.68. The van der Waals surface area contributed by atoms with Crippen LogP contribution in [0.4, 0.5) is 5.69 Å². The normalized spacial score (nSPS) is 20.4. The number of benzene rings is 1. The first-order valence-corrected chi connectivity index (χ1v) is 9.88. The van der Waals surface area contributed by atoms with Crippen LogP contribution in [0.2, 0.25) is 5.02 Å². The molecule has 0 aliphatic carbocycles. The minimum absolute atomic E-state index is 0.335. The molecule has 0 spiro atoms. The van der Waals surface area contributed by atoms with Crippen molar-refractivity contribution in [3.8, 4) is 5.75 Å². The second-order valence-electron chi connectivity index (χ2n) is 6.83. The van der Waals surface area contributed by atoms with E-state index in [1.807, 2.05) is 25.2 Å². The van der Waals surface area contributed by atoms with Gasteiger partial charge in [-0.1, -0.05) is 23.3 Å². The zero-order chi connectivity index (χ0) is 19.1. The summed E-state index contributed by atoms with van der Waals surface area (Å²) in [6.07, 6.45) is 5.29. The Morgan fingerprint density at radius 2 is 2.33 bits per heavy atom. The summed E-state index contributed by atoms with van der Waals surface area (Å²) in [5.41, 5.74) is 2.51. The van der Waals surface area contributed by atoms with Gasteiger partial charge in [0.15, 0.2) is 5.96 Å². The molecule has 6 nitrogen and oxygen atoms in total. The summed E-state index contributed by atoms with van der Waals surface area (Å²) in [7, 11) is 3.51. The van der Waals surface area contributed by atoms with Crippen molar-refractivity contribution < 1.29 is 9.47 Å². The molecule has 2 heterocycles. The first-order chi connectivity index (χ1) is 13.2. The molecule has 0 saturated carbocycles. The topological polar surface area (TPSA) is 58.1 Å². The molecule has 0 bridgehead atoms. The number of ether oxygens (including phenoxy) is 2. The van der Waals surface area contributed by atoms with Crippen LogP contribution in [-0.4, -0.2) is 59.0 Å². The van der Waals surface area contributed by atoms with Crippen LogP contribution < -0.4 is 20.3 Å². The number of nitrogens with zero attached hydrogens (tertiary/aromatic N) is 2. The van der Waals surface area contributed by atoms with Crippen LogP contribution in [-0.2, 0) is 4.74 Å². The van der Waals surface area contributed by atoms with Gasteiger partial charge in [0, 0.05) is 37.7 Å². The van der Waals surface area contributed by atoms with E-state index in [1.54, 1.807) is 7.11 Å². The van der Waals surface area contributed by atoms with E-state index in [-0.39, 0.29) is 0 Å². The van der Waals surface area contributed by atoms with Crippen LogP contribution in [0.3, 0.4) is 0 Å². The standard InChI is InChI=1S/C20H29ClN4O2/c1-22-20(23-9-5-15-7-11-27-12-8-15)24-17-6-10-25(14-17)18-13-16(21)3-4-19(18)26-2/h3-4,7,13,17H,5-6,8-12,14H2,1-2H3,(H2,22,23,24). The Hall–Kier alpha value is -1.92. The molecule has 2 aliphatic heterocycles. The van der Waals surface area contributed by atoms with Gasteiger partial charge in [0.05, 0.1) is 26.0 Å². The van der Waals surface area contributed by atoms with Crippen molar-refractivity contribution in [2.24, 2.45) is 4.99 Å². The summed E-state index contributed by atoms with van der Waals surface area (Å²) in [6.45, 7) is 4.30. The highest BCUT2D eigenvalue weighted by atomic mass is 35.5. The van der Waals surface area contributed by atoms with Gasteiger partial charge in [0.25, 0.3) is 0 Å². The molecule has 0 aromatic heterocycles. The fourth-order valence-corrected chi connectivity index (χ4v) is 3.70. The van der Waals surface area contributed by atoms with Crippen LogP contribution >= 0.6 is 11.6 Å². The van der Waals surface area contributed by atoms with Crippen molar-refractivity contribution in [2.75, 3.05) is 51.9 Å². The number of hydrogen-bond acceptors (Lipinski definition) is 4. The van der Waals surface area contributed by atoms with Gasteiger partial charge < -0.3 is 25.0 Å². The molecule has 1 atom stereocenters. The summed E-state index contributed by atoms with van der Waals surface area (Å²) >= 11 is 6.18. The van der Waals surface area contributed by atoms with Crippen LogP contribution in [0.1, 0.15) is 19.3 Å². The molecular formula is C20H29ClN4O2. The SMILES string of the molecule is CN=C(NCCC1=CCOCC1)NC1CCN(c2cc(Cl)ccc2OC)C1. The van der Waals surface area contributed by atoms with Crippen molar-refractivity contribution in [1.82, 2.24) is 10.6 Å². The molecule has 1 unspecified atom stereocenters. The number of aliphatic imine (C=N–C) groups is 1. The largest absolute Gasteiger partial charge is 0.495 e. The molecule has 2 aliphatic rings. The number of anilines is 1. The van der Waals surface area contributed by atoms with Gasteiger partial charge in [-0.3, -0.25) is 4.99 Å². The zero-order valence-electron chi connectivity index (χ0n) is 16.1. The van der Waals surface area contributed by atoms with Crippen molar-refractivity contribution in [1.29, 1.82) is 0 Å². The molecule has 0 amide bonds. The van der Waals surface area contributed by atoms with Gasteiger partial charge in [-0.05, 0) is 37.5 Å². The highest BCUT2D eigenvalue weighted by Gasteiger charge is 2.25. The van der Waals surface area contributed by atoms with Crippen LogP contribution in [0.25, 0.3) is 0 Å². The van der Waals surface area contributed by atoms with Gasteiger partial charge in [0.2, 0.25) is 0 Å². The fourth-order valence-electron chi connectivity index (χ4n) is 3.53. The average molecular weight is 393 g/mol. The minimum atomic E-state index is 0.335. The molecule has 148 valence electrons. The van der Waals surface area contributed by atoms with Crippen molar-refractivity contribution in [2.45, 2.75) is 25.3 Å². The van der Waals surface area contributed by atoms with Gasteiger partial charge in [-0.25, -0.2) is 0 Å². The molecule has 0 radical (unpaired) electrons. The Morgan fingerprint density at radius 3 is 3.07 bits per heavy atom. The molecule has 3 rings (SSSR count). The Balaban J connectivity index is 1.49. The Labute approximate surface area is 166 Å². The predicted molar refractivity (Wildman–Crippen MR) is 111 cm³/mol. The molecule has 7 heteroatoms. The quantitative estimate of drug-likeness (QED) is 0.443. The Kier molecular flexibility index (Phi) is 7.24. The van der Waals surface area contributed by atoms with Crippen molar-refractivity contribution >= 4 is 23.2 Å². The lowest BCUT2D eigenvalue weighted by Crippen LogP contribution is -2.45. The first-order valence-electron chi connectivity index (χ1n) is 9.51. The molecule has 1 fully saturated rings. The predicted octanol–water partition coefficient (Wildman–Crippen LogP) is 2.83. The van der Waals surface area contributed by atoms with E-state index < -0.39 is 0 Å². The number of halogens is 1. The van der Waals surface area contributed by atoms with E-state index in [9.17, 15) is 0 Å². The maximum atomic E-state index is 6.18. The average Bonchev–Trinajstić information content (AvgIpc) is 3.16. The number of methoxy groups -OCH3 is 1. The Morgan fingerprint density at radius 1 is 1.44 bits per heavy atom. The molecule has 1 aromatic carbocycles. The minimum Gasteiger partial charge on any atom is -0.495 e. The highest BCUT2D eigenvalue weighted by molar-refractivity contribution is 6.30. The lowest BCUT2D eigenvalue weighted by Gasteiger charge is -2.22. The molecular weight excluding hydrogens is 364 g/mol. The van der Waals surface area contributed by atoms with E-state index in [2.05, 4.69) is 26.6 Å². The summed E-state index contributed by atoms with van der Waals surface area (Å²) in [4.78, 5) is 6.67. The smallest absolute Gasteiger partial charge is 0.191 e. The second kappa shape index (κ2) is 9.85. The van der Waals surface area contributed by atoms with Crippen LogP contribution in [0.15, 0.2) is 34.8 Å². The zero-order valence-corrected chi connectivity index (χ0v) is 16.9. The maximum absolute atomic E-state index is 6.18. The molecule has 1 aromatic rings. The second-order valence-corrected chi connectivity index (χ2v) is 7.26. The summed E-state index contributed by atoms with van der Waals surface area (Å²) in [6, 6.07) is 6.08. The number of nitrogens with one attached hydrogen (secondary N) is 2. The lowest BCUT2D eigenvalue weighted by atomic mass is 10.1. The molecule has 27 heavy (non-hydrogen) atoms. The number of guanidine groups is 1. The fraction of sp³-hybridized carbons (Fsp3) is 0.550. The van der Waals surface area contributed by atoms with E-state index in [0.717, 1.165) is 74.5 Å². The van der Waals surface area contributed by atoms with Crippen molar-refractivity contribution in [3.63, 3.8) is 0 Å². The molecule has 1 saturated heterocycles. The van der Waals surface area contributed by atoms with E-state index >= 15 is 0 Å². The van der Waals surface area contributed by atoms with Gasteiger partial charge in [0.1, 0.15) is 5.75 Å². The van der Waals surface area contributed by atoms with E-state index in [0.29, 0.717) is 6.04 Å². The summed E-state index contributed by atoms with van der Waals surface area (Å²) < 4.78 is 10.8. The highest BCUT2D eigenvalue weighted by Crippen LogP contribution is 2.33. The number of rotatable bonds is 6. The summed E-state index contributed by atoms with van der Waals surface area (Å²) in [5.74, 6) is 1.71. The van der Waals surface area contributed by atoms with Gasteiger partial charge in [-0.15, -0.1) is 0 Å². The van der Waals surface area contributed by atoms with Crippen LogP contribution in [0, 0.1) is 0 Å². The van der Waals surface area contributed by atoms with E-state index in [1.165, 1.54) is 5.57 Å². The third-order valence-corrected chi connectivity index (χ3v) is 5.27. The van der Waals surface area contributed by atoms with Crippen molar-refractivity contribution in [3.05, 3.63) is 34.9 Å². The van der Waals surface area contributed by atoms with Gasteiger partial charge >= 0.3 is 0 Å². The number of hydrogen-bond donors (Lipinski definition) is 2. The van der Waals surface area contributed by atoms with Gasteiger partial charge in [-0.2, -0.15) is 0 Å². The third kappa shape index (κ3) is 5.53. The first kappa shape index (κ1) is 19.8. The third-order valence-electron chi connectivity index (χ3n) is 5.03.